The number of aromatic nitrogens is 2. The van der Waals surface area contributed by atoms with E-state index in [0.29, 0.717) is 11.9 Å². The summed E-state index contributed by atoms with van der Waals surface area (Å²) < 4.78 is 4.83. The van der Waals surface area contributed by atoms with Gasteiger partial charge >= 0.3 is 6.01 Å². The van der Waals surface area contributed by atoms with E-state index >= 15 is 0 Å². The van der Waals surface area contributed by atoms with Crippen LogP contribution in [0, 0.1) is 0 Å². The van der Waals surface area contributed by atoms with Gasteiger partial charge in [-0.2, -0.15) is 0 Å². The first-order chi connectivity index (χ1) is 7.15. The quantitative estimate of drug-likeness (QED) is 0.766. The predicted molar refractivity (Wildman–Crippen MR) is 63.3 cm³/mol. The van der Waals surface area contributed by atoms with Crippen molar-refractivity contribution in [2.24, 2.45) is 0 Å². The summed E-state index contributed by atoms with van der Waals surface area (Å²) in [5, 5.41) is 0. The van der Waals surface area contributed by atoms with Gasteiger partial charge in [-0.05, 0) is 11.5 Å². The summed E-state index contributed by atoms with van der Waals surface area (Å²) in [5.41, 5.74) is 1.13. The molecule has 1 aromatic rings. The molecule has 0 radical (unpaired) electrons. The lowest BCUT2D eigenvalue weighted by molar-refractivity contribution is 0.379. The van der Waals surface area contributed by atoms with E-state index in [9.17, 15) is 0 Å². The molecule has 15 heavy (non-hydrogen) atoms. The molecule has 1 heterocycles. The average Bonchev–Trinajstić information content (AvgIpc) is 2.29. The normalized spacial score (nSPS) is 9.47. The maximum absolute atomic E-state index is 4.83. The van der Waals surface area contributed by atoms with Crippen LogP contribution in [0.4, 0.5) is 0 Å². The number of rotatable bonds is 3. The standard InChI is InChI=1S/C8H12N2O.C4H10/c1-6(2)7-4-9-8(11-3)10-5-7;1-3-4-2/h4-6H,1-3H3;3-4H2,1-2H3. The van der Waals surface area contributed by atoms with Crippen LogP contribution < -0.4 is 4.74 Å². The molecule has 0 aromatic carbocycles. The van der Waals surface area contributed by atoms with E-state index in [2.05, 4.69) is 37.7 Å². The summed E-state index contributed by atoms with van der Waals surface area (Å²) in [5.74, 6) is 0.473. The largest absolute Gasteiger partial charge is 0.467 e. The number of methoxy groups -OCH3 is 1. The van der Waals surface area contributed by atoms with Crippen molar-refractivity contribution in [2.75, 3.05) is 7.11 Å². The molecule has 0 aliphatic carbocycles. The summed E-state index contributed by atoms with van der Waals surface area (Å²) >= 11 is 0. The van der Waals surface area contributed by atoms with Crippen molar-refractivity contribution in [3.05, 3.63) is 18.0 Å². The Balaban J connectivity index is 0.000000423. The van der Waals surface area contributed by atoms with Crippen LogP contribution in [0.5, 0.6) is 6.01 Å². The van der Waals surface area contributed by atoms with Crippen molar-refractivity contribution < 1.29 is 4.74 Å². The Morgan fingerprint density at radius 1 is 1.13 bits per heavy atom. The number of unbranched alkanes of at least 4 members (excludes halogenated alkanes) is 1. The van der Waals surface area contributed by atoms with E-state index < -0.39 is 0 Å². The van der Waals surface area contributed by atoms with Gasteiger partial charge in [0.15, 0.2) is 0 Å². The lowest BCUT2D eigenvalue weighted by atomic mass is 10.1. The van der Waals surface area contributed by atoms with E-state index in [1.54, 1.807) is 19.5 Å². The fourth-order valence-electron chi connectivity index (χ4n) is 0.730. The molecule has 1 aromatic heterocycles. The monoisotopic (exact) mass is 210 g/mol. The number of hydrogen-bond acceptors (Lipinski definition) is 3. The van der Waals surface area contributed by atoms with Crippen LogP contribution in [-0.2, 0) is 0 Å². The Bertz CT molecular complexity index is 242. The molecule has 1 rings (SSSR count). The third kappa shape index (κ3) is 6.05. The van der Waals surface area contributed by atoms with E-state index in [4.69, 9.17) is 4.74 Å². The van der Waals surface area contributed by atoms with E-state index in [-0.39, 0.29) is 0 Å². The summed E-state index contributed by atoms with van der Waals surface area (Å²) in [6.45, 7) is 8.57. The van der Waals surface area contributed by atoms with Gasteiger partial charge in [-0.3, -0.25) is 0 Å². The van der Waals surface area contributed by atoms with Gasteiger partial charge in [0.25, 0.3) is 0 Å². The zero-order chi connectivity index (χ0) is 11.7. The number of nitrogens with zero attached hydrogens (tertiary/aromatic N) is 2. The van der Waals surface area contributed by atoms with Crippen LogP contribution in [0.25, 0.3) is 0 Å². The Morgan fingerprint density at radius 2 is 1.60 bits per heavy atom. The van der Waals surface area contributed by atoms with Gasteiger partial charge in [0.2, 0.25) is 0 Å². The molecule has 0 spiro atoms. The lowest BCUT2D eigenvalue weighted by Crippen LogP contribution is -1.94. The Morgan fingerprint density at radius 3 is 1.87 bits per heavy atom. The molecular formula is C12H22N2O. The van der Waals surface area contributed by atoms with Gasteiger partial charge in [0, 0.05) is 12.4 Å². The lowest BCUT2D eigenvalue weighted by Gasteiger charge is -2.03. The van der Waals surface area contributed by atoms with Crippen LogP contribution in [-0.4, -0.2) is 17.1 Å². The molecule has 3 nitrogen and oxygen atoms in total. The maximum atomic E-state index is 4.83. The molecule has 0 saturated carbocycles. The minimum atomic E-state index is 0.425. The zero-order valence-electron chi connectivity index (χ0n) is 10.4. The average molecular weight is 210 g/mol. The first-order valence-corrected chi connectivity index (χ1v) is 5.51. The van der Waals surface area contributed by atoms with Crippen molar-refractivity contribution in [3.8, 4) is 6.01 Å². The second-order valence-corrected chi connectivity index (χ2v) is 3.66. The molecule has 0 bridgehead atoms. The minimum Gasteiger partial charge on any atom is -0.467 e. The molecular weight excluding hydrogens is 188 g/mol. The zero-order valence-corrected chi connectivity index (χ0v) is 10.4. The summed E-state index contributed by atoms with van der Waals surface area (Å²) in [4.78, 5) is 7.97. The molecule has 0 fully saturated rings. The number of ether oxygens (including phenoxy) is 1. The molecule has 3 heteroatoms. The second kappa shape index (κ2) is 8.21. The fraction of sp³-hybridized carbons (Fsp3) is 0.667. The van der Waals surface area contributed by atoms with Crippen molar-refractivity contribution in [1.82, 2.24) is 9.97 Å². The van der Waals surface area contributed by atoms with Crippen LogP contribution >= 0.6 is 0 Å². The molecule has 0 saturated heterocycles. The van der Waals surface area contributed by atoms with Crippen molar-refractivity contribution in [1.29, 1.82) is 0 Å². The minimum absolute atomic E-state index is 0.425. The Kier molecular flexibility index (Phi) is 7.60. The maximum Gasteiger partial charge on any atom is 0.316 e. The third-order valence-electron chi connectivity index (χ3n) is 2.00. The van der Waals surface area contributed by atoms with Gasteiger partial charge in [-0.15, -0.1) is 0 Å². The summed E-state index contributed by atoms with van der Waals surface area (Å²) in [6.07, 6.45) is 6.22. The molecule has 0 N–H and O–H groups in total. The highest BCUT2D eigenvalue weighted by molar-refractivity contribution is 5.11. The van der Waals surface area contributed by atoms with Gasteiger partial charge in [0.1, 0.15) is 0 Å². The van der Waals surface area contributed by atoms with Crippen LogP contribution in [0.3, 0.4) is 0 Å². The molecule has 0 aliphatic heterocycles. The van der Waals surface area contributed by atoms with Gasteiger partial charge in [0.05, 0.1) is 7.11 Å². The highest BCUT2D eigenvalue weighted by Gasteiger charge is 1.99. The molecule has 0 aliphatic rings. The second-order valence-electron chi connectivity index (χ2n) is 3.66. The Labute approximate surface area is 92.9 Å². The molecule has 0 unspecified atom stereocenters. The number of hydrogen-bond donors (Lipinski definition) is 0. The molecule has 86 valence electrons. The van der Waals surface area contributed by atoms with Crippen molar-refractivity contribution in [3.63, 3.8) is 0 Å². The third-order valence-corrected chi connectivity index (χ3v) is 2.00. The fourth-order valence-corrected chi connectivity index (χ4v) is 0.730. The highest BCUT2D eigenvalue weighted by atomic mass is 16.5. The Hall–Kier alpha value is -1.12. The van der Waals surface area contributed by atoms with E-state index in [1.807, 2.05) is 0 Å². The van der Waals surface area contributed by atoms with Crippen LogP contribution in [0.2, 0.25) is 0 Å². The molecule has 0 atom stereocenters. The summed E-state index contributed by atoms with van der Waals surface area (Å²) in [7, 11) is 1.56. The topological polar surface area (TPSA) is 35.0 Å². The summed E-state index contributed by atoms with van der Waals surface area (Å²) in [6, 6.07) is 0.425. The van der Waals surface area contributed by atoms with Crippen molar-refractivity contribution >= 4 is 0 Å². The van der Waals surface area contributed by atoms with Gasteiger partial charge in [-0.25, -0.2) is 9.97 Å². The SMILES string of the molecule is CCCC.COc1ncc(C(C)C)cn1. The van der Waals surface area contributed by atoms with E-state index in [0.717, 1.165) is 5.56 Å². The van der Waals surface area contributed by atoms with Crippen LogP contribution in [0.1, 0.15) is 52.0 Å². The highest BCUT2D eigenvalue weighted by Crippen LogP contribution is 2.12. The smallest absolute Gasteiger partial charge is 0.316 e. The van der Waals surface area contributed by atoms with Gasteiger partial charge in [-0.1, -0.05) is 40.5 Å². The van der Waals surface area contributed by atoms with Gasteiger partial charge < -0.3 is 4.74 Å². The van der Waals surface area contributed by atoms with Crippen molar-refractivity contribution in [2.45, 2.75) is 46.5 Å². The first kappa shape index (κ1) is 13.9. The molecule has 0 amide bonds. The predicted octanol–water partition coefficient (Wildman–Crippen LogP) is 3.42. The van der Waals surface area contributed by atoms with Crippen LogP contribution in [0.15, 0.2) is 12.4 Å². The first-order valence-electron chi connectivity index (χ1n) is 5.51. The van der Waals surface area contributed by atoms with E-state index in [1.165, 1.54) is 12.8 Å².